The molecule has 0 bridgehead atoms. The molecule has 2 aromatic heterocycles. The third kappa shape index (κ3) is 4.43. The highest BCUT2D eigenvalue weighted by Crippen LogP contribution is 2.30. The number of likely N-dealkylation sites (tertiary alicyclic amines) is 1. The molecule has 2 aromatic carbocycles. The Labute approximate surface area is 192 Å². The average molecular weight is 440 g/mol. The molecule has 1 saturated heterocycles. The fraction of sp³-hybridized carbons (Fsp3) is 0.192. The van der Waals surface area contributed by atoms with Crippen molar-refractivity contribution in [1.29, 1.82) is 0 Å². The average Bonchev–Trinajstić information content (AvgIpc) is 3.31. The molecule has 5 rings (SSSR count). The second kappa shape index (κ2) is 9.16. The molecule has 7 heteroatoms. The van der Waals surface area contributed by atoms with Gasteiger partial charge in [-0.2, -0.15) is 0 Å². The lowest BCUT2D eigenvalue weighted by Crippen LogP contribution is -2.39. The van der Waals surface area contributed by atoms with Crippen LogP contribution < -0.4 is 10.1 Å². The van der Waals surface area contributed by atoms with E-state index in [1.54, 1.807) is 6.33 Å². The molecule has 0 unspecified atom stereocenters. The maximum Gasteiger partial charge on any atom is 0.246 e. The van der Waals surface area contributed by atoms with Crippen molar-refractivity contribution in [2.75, 3.05) is 18.4 Å². The summed E-state index contributed by atoms with van der Waals surface area (Å²) in [5.74, 6) is 2.29. The molecule has 0 spiro atoms. The van der Waals surface area contributed by atoms with E-state index in [2.05, 4.69) is 26.4 Å². The molecule has 1 aliphatic rings. The van der Waals surface area contributed by atoms with Crippen molar-refractivity contribution in [1.82, 2.24) is 19.4 Å². The standard InChI is InChI=1S/C26H25N5O2/c1-2-24(32)30-15-6-7-20(17-30)31-16-14-23-25(27-18-28-26(23)31)29-19-10-12-22(13-11-19)33-21-8-4-3-5-9-21/h2-5,8-14,16,18,20H,1,6-7,15,17H2,(H,27,28,29)/t20-/m1/s1. The van der Waals surface area contributed by atoms with Crippen molar-refractivity contribution in [2.45, 2.75) is 18.9 Å². The summed E-state index contributed by atoms with van der Waals surface area (Å²) in [6.07, 6.45) is 6.95. The second-order valence-corrected chi connectivity index (χ2v) is 8.03. The van der Waals surface area contributed by atoms with Crippen LogP contribution in [0.4, 0.5) is 11.5 Å². The minimum Gasteiger partial charge on any atom is -0.457 e. The molecular formula is C26H25N5O2. The number of aromatic nitrogens is 3. The van der Waals surface area contributed by atoms with E-state index in [-0.39, 0.29) is 11.9 Å². The van der Waals surface area contributed by atoms with Crippen LogP contribution in [-0.4, -0.2) is 38.4 Å². The number of hydrogen-bond donors (Lipinski definition) is 1. The van der Waals surface area contributed by atoms with Crippen molar-refractivity contribution in [3.63, 3.8) is 0 Å². The summed E-state index contributed by atoms with van der Waals surface area (Å²) in [7, 11) is 0. The first-order chi connectivity index (χ1) is 16.2. The van der Waals surface area contributed by atoms with Gasteiger partial charge in [-0.25, -0.2) is 9.97 Å². The Hall–Kier alpha value is -4.13. The molecule has 7 nitrogen and oxygen atoms in total. The van der Waals surface area contributed by atoms with E-state index >= 15 is 0 Å². The summed E-state index contributed by atoms with van der Waals surface area (Å²) in [5.41, 5.74) is 1.76. The van der Waals surface area contributed by atoms with Gasteiger partial charge in [0.2, 0.25) is 5.91 Å². The Bertz CT molecular complexity index is 1270. The summed E-state index contributed by atoms with van der Waals surface area (Å²) in [6.45, 7) is 5.04. The first-order valence-corrected chi connectivity index (χ1v) is 11.0. The van der Waals surface area contributed by atoms with E-state index in [1.165, 1.54) is 6.08 Å². The molecule has 166 valence electrons. The van der Waals surface area contributed by atoms with Crippen LogP contribution in [0.5, 0.6) is 11.5 Å². The summed E-state index contributed by atoms with van der Waals surface area (Å²) >= 11 is 0. The van der Waals surface area contributed by atoms with Gasteiger partial charge in [-0.3, -0.25) is 4.79 Å². The maximum absolute atomic E-state index is 12.1. The summed E-state index contributed by atoms with van der Waals surface area (Å²) in [5, 5.41) is 4.33. The number of rotatable bonds is 6. The Kier molecular flexibility index (Phi) is 5.76. The van der Waals surface area contributed by atoms with Crippen LogP contribution >= 0.6 is 0 Å². The van der Waals surface area contributed by atoms with Gasteiger partial charge in [-0.1, -0.05) is 24.8 Å². The number of fused-ring (bicyclic) bond motifs is 1. The van der Waals surface area contributed by atoms with Crippen molar-refractivity contribution >= 4 is 28.4 Å². The van der Waals surface area contributed by atoms with E-state index in [0.29, 0.717) is 6.54 Å². The van der Waals surface area contributed by atoms with Crippen molar-refractivity contribution in [3.8, 4) is 11.5 Å². The molecule has 3 heterocycles. The highest BCUT2D eigenvalue weighted by atomic mass is 16.5. The van der Waals surface area contributed by atoms with Gasteiger partial charge < -0.3 is 19.5 Å². The molecule has 0 aliphatic carbocycles. The van der Waals surface area contributed by atoms with Crippen LogP contribution in [0, 0.1) is 0 Å². The summed E-state index contributed by atoms with van der Waals surface area (Å²) < 4.78 is 8.02. The molecule has 1 atom stereocenters. The highest BCUT2D eigenvalue weighted by Gasteiger charge is 2.25. The molecule has 33 heavy (non-hydrogen) atoms. The minimum absolute atomic E-state index is 0.0205. The number of carbonyl (C=O) groups excluding carboxylic acids is 1. The number of amides is 1. The van der Waals surface area contributed by atoms with Crippen molar-refractivity contribution in [3.05, 3.63) is 85.8 Å². The number of nitrogens with one attached hydrogen (secondary N) is 1. The second-order valence-electron chi connectivity index (χ2n) is 8.03. The molecule has 0 saturated carbocycles. The van der Waals surface area contributed by atoms with E-state index in [9.17, 15) is 4.79 Å². The van der Waals surface area contributed by atoms with Crippen LogP contribution in [0.25, 0.3) is 11.0 Å². The van der Waals surface area contributed by atoms with Crippen LogP contribution in [-0.2, 0) is 4.79 Å². The van der Waals surface area contributed by atoms with E-state index in [0.717, 1.165) is 53.4 Å². The van der Waals surface area contributed by atoms with E-state index in [1.807, 2.05) is 71.8 Å². The number of ether oxygens (including phenoxy) is 1. The summed E-state index contributed by atoms with van der Waals surface area (Å²) in [6, 6.07) is 19.7. The largest absolute Gasteiger partial charge is 0.457 e. The number of benzene rings is 2. The number of anilines is 2. The van der Waals surface area contributed by atoms with Crippen molar-refractivity contribution < 1.29 is 9.53 Å². The van der Waals surface area contributed by atoms with E-state index in [4.69, 9.17) is 4.74 Å². The zero-order valence-electron chi connectivity index (χ0n) is 18.2. The van der Waals surface area contributed by atoms with Gasteiger partial charge in [-0.15, -0.1) is 0 Å². The number of nitrogens with zero attached hydrogens (tertiary/aromatic N) is 4. The Morgan fingerprint density at radius 2 is 1.85 bits per heavy atom. The lowest BCUT2D eigenvalue weighted by Gasteiger charge is -2.33. The van der Waals surface area contributed by atoms with E-state index < -0.39 is 0 Å². The van der Waals surface area contributed by atoms with Gasteiger partial charge in [0.15, 0.2) is 0 Å². The van der Waals surface area contributed by atoms with Gasteiger partial charge in [0.1, 0.15) is 29.3 Å². The number of piperidine rings is 1. The lowest BCUT2D eigenvalue weighted by atomic mass is 10.1. The third-order valence-corrected chi connectivity index (χ3v) is 5.88. The van der Waals surface area contributed by atoms with Gasteiger partial charge >= 0.3 is 0 Å². The quantitative estimate of drug-likeness (QED) is 0.412. The molecule has 1 amide bonds. The van der Waals surface area contributed by atoms with Crippen molar-refractivity contribution in [2.24, 2.45) is 0 Å². The third-order valence-electron chi connectivity index (χ3n) is 5.88. The lowest BCUT2D eigenvalue weighted by molar-refractivity contribution is -0.127. The maximum atomic E-state index is 12.1. The molecular weight excluding hydrogens is 414 g/mol. The molecule has 1 N–H and O–H groups in total. The fourth-order valence-corrected chi connectivity index (χ4v) is 4.24. The normalized spacial score (nSPS) is 15.9. The first-order valence-electron chi connectivity index (χ1n) is 11.0. The van der Waals surface area contributed by atoms with Gasteiger partial charge in [0.25, 0.3) is 0 Å². The Balaban J connectivity index is 1.34. The first kappa shape index (κ1) is 20.8. The SMILES string of the molecule is C=CC(=O)N1CCC[C@@H](n2ccc3c(Nc4ccc(Oc5ccccc5)cc4)ncnc32)C1. The zero-order valence-corrected chi connectivity index (χ0v) is 18.2. The molecule has 1 fully saturated rings. The smallest absolute Gasteiger partial charge is 0.246 e. The Morgan fingerprint density at radius 3 is 2.64 bits per heavy atom. The predicted molar refractivity (Wildman–Crippen MR) is 129 cm³/mol. The van der Waals surface area contributed by atoms with Gasteiger partial charge in [0, 0.05) is 25.0 Å². The van der Waals surface area contributed by atoms with Crippen LogP contribution in [0.3, 0.4) is 0 Å². The van der Waals surface area contributed by atoms with Gasteiger partial charge in [-0.05, 0) is 61.4 Å². The minimum atomic E-state index is -0.0205. The van der Waals surface area contributed by atoms with Crippen LogP contribution in [0.15, 0.2) is 85.8 Å². The van der Waals surface area contributed by atoms with Gasteiger partial charge in [0.05, 0.1) is 11.4 Å². The monoisotopic (exact) mass is 439 g/mol. The molecule has 4 aromatic rings. The number of carbonyl (C=O) groups is 1. The molecule has 1 aliphatic heterocycles. The molecule has 0 radical (unpaired) electrons. The topological polar surface area (TPSA) is 72.3 Å². The zero-order chi connectivity index (χ0) is 22.6. The highest BCUT2D eigenvalue weighted by molar-refractivity contribution is 5.89. The van der Waals surface area contributed by atoms with Crippen LogP contribution in [0.2, 0.25) is 0 Å². The fourth-order valence-electron chi connectivity index (χ4n) is 4.24. The predicted octanol–water partition coefficient (Wildman–Crippen LogP) is 5.32. The summed E-state index contributed by atoms with van der Waals surface area (Å²) in [4.78, 5) is 22.9. The number of hydrogen-bond acceptors (Lipinski definition) is 5. The number of para-hydroxylation sites is 1. The Morgan fingerprint density at radius 1 is 1.06 bits per heavy atom. The van der Waals surface area contributed by atoms with Crippen LogP contribution in [0.1, 0.15) is 18.9 Å².